The number of halogens is 1. The van der Waals surface area contributed by atoms with Crippen LogP contribution in [0, 0.1) is 11.3 Å². The van der Waals surface area contributed by atoms with Gasteiger partial charge in [-0.2, -0.15) is 10.5 Å². The van der Waals surface area contributed by atoms with Gasteiger partial charge in [0.05, 0.1) is 16.3 Å². The minimum Gasteiger partial charge on any atom is -0.315 e. The summed E-state index contributed by atoms with van der Waals surface area (Å²) in [6, 6.07) is 10.1. The minimum absolute atomic E-state index is 0.0263. The molecule has 1 aliphatic carbocycles. The minimum atomic E-state index is -0.423. The molecular weight excluding hydrogens is 372 g/mol. The summed E-state index contributed by atoms with van der Waals surface area (Å²) in [7, 11) is 0. The SMILES string of the molecule is N#Cc1c(SCc2nn[nH]n2)[nH]c(=O)c(Cl)c1-c1cccc(C2CC2)c1. The fourth-order valence-corrected chi connectivity index (χ4v) is 3.89. The maximum atomic E-state index is 12.3. The van der Waals surface area contributed by atoms with Crippen LogP contribution in [0.2, 0.25) is 5.02 Å². The van der Waals surface area contributed by atoms with Gasteiger partial charge in [-0.3, -0.25) is 4.79 Å². The summed E-state index contributed by atoms with van der Waals surface area (Å²) in [5.74, 6) is 1.41. The Hall–Kier alpha value is -2.63. The summed E-state index contributed by atoms with van der Waals surface area (Å²) < 4.78 is 0. The number of nitrogens with one attached hydrogen (secondary N) is 2. The van der Waals surface area contributed by atoms with E-state index in [1.807, 2.05) is 18.2 Å². The lowest BCUT2D eigenvalue weighted by molar-refractivity contribution is 0.881. The van der Waals surface area contributed by atoms with Crippen molar-refractivity contribution in [1.29, 1.82) is 5.26 Å². The number of nitriles is 1. The number of hydrogen-bond acceptors (Lipinski definition) is 6. The molecule has 1 aromatic carbocycles. The number of benzene rings is 1. The van der Waals surface area contributed by atoms with Crippen LogP contribution in [0.3, 0.4) is 0 Å². The quantitative estimate of drug-likeness (QED) is 0.653. The van der Waals surface area contributed by atoms with E-state index in [1.54, 1.807) is 0 Å². The maximum absolute atomic E-state index is 12.3. The second kappa shape index (κ2) is 6.94. The fraction of sp³-hybridized carbons (Fsp3) is 0.235. The lowest BCUT2D eigenvalue weighted by Gasteiger charge is -2.12. The Kier molecular flexibility index (Phi) is 4.49. The van der Waals surface area contributed by atoms with E-state index in [4.69, 9.17) is 11.6 Å². The predicted molar refractivity (Wildman–Crippen MR) is 97.9 cm³/mol. The number of thioether (sulfide) groups is 1. The summed E-state index contributed by atoms with van der Waals surface area (Å²) in [5.41, 5.74) is 2.38. The first kappa shape index (κ1) is 16.8. The van der Waals surface area contributed by atoms with Crippen LogP contribution >= 0.6 is 23.4 Å². The monoisotopic (exact) mass is 384 g/mol. The Morgan fingerprint density at radius 2 is 2.23 bits per heavy atom. The van der Waals surface area contributed by atoms with E-state index in [1.165, 1.54) is 30.2 Å². The lowest BCUT2D eigenvalue weighted by Crippen LogP contribution is -2.11. The first-order valence-electron chi connectivity index (χ1n) is 7.98. The van der Waals surface area contributed by atoms with Crippen molar-refractivity contribution in [2.45, 2.75) is 29.5 Å². The van der Waals surface area contributed by atoms with E-state index in [0.717, 1.165) is 5.56 Å². The van der Waals surface area contributed by atoms with Crippen molar-refractivity contribution in [2.24, 2.45) is 0 Å². The first-order valence-corrected chi connectivity index (χ1v) is 9.35. The third kappa shape index (κ3) is 3.23. The Labute approximate surface area is 157 Å². The van der Waals surface area contributed by atoms with Crippen LogP contribution in [0.1, 0.15) is 35.7 Å². The van der Waals surface area contributed by atoms with E-state index in [-0.39, 0.29) is 5.02 Å². The second-order valence-electron chi connectivity index (χ2n) is 5.98. The van der Waals surface area contributed by atoms with Gasteiger partial charge in [-0.05, 0) is 29.9 Å². The molecule has 0 bridgehead atoms. The zero-order valence-corrected chi connectivity index (χ0v) is 15.1. The highest BCUT2D eigenvalue weighted by atomic mass is 35.5. The third-order valence-electron chi connectivity index (χ3n) is 4.19. The maximum Gasteiger partial charge on any atom is 0.268 e. The van der Waals surface area contributed by atoms with E-state index in [0.29, 0.717) is 33.6 Å². The van der Waals surface area contributed by atoms with Gasteiger partial charge < -0.3 is 4.98 Å². The molecule has 1 saturated carbocycles. The topological polar surface area (TPSA) is 111 Å². The van der Waals surface area contributed by atoms with E-state index < -0.39 is 5.56 Å². The second-order valence-corrected chi connectivity index (χ2v) is 7.34. The molecule has 0 aliphatic heterocycles. The number of rotatable bonds is 5. The van der Waals surface area contributed by atoms with Crippen molar-refractivity contribution in [1.82, 2.24) is 25.6 Å². The summed E-state index contributed by atoms with van der Waals surface area (Å²) >= 11 is 7.55. The summed E-state index contributed by atoms with van der Waals surface area (Å²) in [6.07, 6.45) is 2.34. The van der Waals surface area contributed by atoms with Gasteiger partial charge in [0.2, 0.25) is 0 Å². The summed E-state index contributed by atoms with van der Waals surface area (Å²) in [4.78, 5) is 15.0. The molecule has 0 unspecified atom stereocenters. The molecule has 4 rings (SSSR count). The highest BCUT2D eigenvalue weighted by Crippen LogP contribution is 2.42. The smallest absolute Gasteiger partial charge is 0.268 e. The van der Waals surface area contributed by atoms with Gasteiger partial charge in [-0.15, -0.1) is 10.2 Å². The van der Waals surface area contributed by atoms with Gasteiger partial charge in [0, 0.05) is 5.56 Å². The van der Waals surface area contributed by atoms with Crippen LogP contribution in [0.15, 0.2) is 34.1 Å². The molecule has 26 heavy (non-hydrogen) atoms. The van der Waals surface area contributed by atoms with E-state index in [2.05, 4.69) is 37.7 Å². The number of aromatic nitrogens is 5. The highest BCUT2D eigenvalue weighted by Gasteiger charge is 2.25. The fourth-order valence-electron chi connectivity index (χ4n) is 2.79. The molecule has 2 N–H and O–H groups in total. The van der Waals surface area contributed by atoms with Crippen molar-refractivity contribution in [3.63, 3.8) is 0 Å². The molecule has 0 spiro atoms. The van der Waals surface area contributed by atoms with Gasteiger partial charge in [-0.1, -0.05) is 52.8 Å². The molecule has 9 heteroatoms. The lowest BCUT2D eigenvalue weighted by atomic mass is 9.98. The largest absolute Gasteiger partial charge is 0.315 e. The molecule has 0 radical (unpaired) electrons. The van der Waals surface area contributed by atoms with Crippen LogP contribution in [0.4, 0.5) is 0 Å². The van der Waals surface area contributed by atoms with Gasteiger partial charge in [0.1, 0.15) is 11.1 Å². The van der Waals surface area contributed by atoms with Crippen molar-refractivity contribution in [2.75, 3.05) is 0 Å². The van der Waals surface area contributed by atoms with Crippen molar-refractivity contribution < 1.29 is 0 Å². The Morgan fingerprint density at radius 3 is 2.92 bits per heavy atom. The van der Waals surface area contributed by atoms with Crippen LogP contribution in [0.5, 0.6) is 0 Å². The van der Waals surface area contributed by atoms with Crippen molar-refractivity contribution in [3.05, 3.63) is 56.6 Å². The molecule has 0 amide bonds. The Bertz CT molecular complexity index is 1050. The average molecular weight is 385 g/mol. The first-order chi connectivity index (χ1) is 12.7. The van der Waals surface area contributed by atoms with Crippen molar-refractivity contribution in [3.8, 4) is 17.2 Å². The van der Waals surface area contributed by atoms with E-state index >= 15 is 0 Å². The molecule has 0 saturated heterocycles. The number of aromatic amines is 2. The molecular formula is C17H13ClN6OS. The number of hydrogen-bond donors (Lipinski definition) is 2. The van der Waals surface area contributed by atoms with Crippen molar-refractivity contribution >= 4 is 23.4 Å². The normalized spacial score (nSPS) is 13.5. The molecule has 130 valence electrons. The summed E-state index contributed by atoms with van der Waals surface area (Å²) in [6.45, 7) is 0. The average Bonchev–Trinajstić information content (AvgIpc) is 3.38. The Balaban J connectivity index is 1.79. The zero-order valence-electron chi connectivity index (χ0n) is 13.5. The molecule has 2 aromatic heterocycles. The van der Waals surface area contributed by atoms with Crippen LogP contribution in [-0.2, 0) is 5.75 Å². The number of pyridine rings is 1. The van der Waals surface area contributed by atoms with Crippen LogP contribution in [-0.4, -0.2) is 25.6 Å². The number of nitrogens with zero attached hydrogens (tertiary/aromatic N) is 4. The standard InChI is InChI=1S/C17H13ClN6OS/c18-15-14(11-3-1-2-10(6-11)9-4-5-9)12(7-19)17(20-16(15)25)26-8-13-21-23-24-22-13/h1-3,6,9H,4-5,8H2,(H,20,25)(H,21,22,23,24). The molecule has 7 nitrogen and oxygen atoms in total. The molecule has 1 fully saturated rings. The highest BCUT2D eigenvalue weighted by molar-refractivity contribution is 7.98. The molecule has 1 aliphatic rings. The molecule has 2 heterocycles. The third-order valence-corrected chi connectivity index (χ3v) is 5.55. The Morgan fingerprint density at radius 1 is 1.38 bits per heavy atom. The van der Waals surface area contributed by atoms with Crippen LogP contribution in [0.25, 0.3) is 11.1 Å². The molecule has 3 aromatic rings. The van der Waals surface area contributed by atoms with Gasteiger partial charge in [-0.25, -0.2) is 0 Å². The van der Waals surface area contributed by atoms with Crippen LogP contribution < -0.4 is 5.56 Å². The number of H-pyrrole nitrogens is 2. The van der Waals surface area contributed by atoms with E-state index in [9.17, 15) is 10.1 Å². The van der Waals surface area contributed by atoms with Gasteiger partial charge in [0.15, 0.2) is 5.82 Å². The zero-order chi connectivity index (χ0) is 18.1. The van der Waals surface area contributed by atoms with Gasteiger partial charge >= 0.3 is 0 Å². The van der Waals surface area contributed by atoms with Gasteiger partial charge in [0.25, 0.3) is 5.56 Å². The predicted octanol–water partition coefficient (Wildman–Crippen LogP) is 3.25. The molecule has 0 atom stereocenters. The number of tetrazole rings is 1. The summed E-state index contributed by atoms with van der Waals surface area (Å²) in [5, 5.41) is 23.8.